The van der Waals surface area contributed by atoms with Gasteiger partial charge < -0.3 is 14.1 Å². The third-order valence-corrected chi connectivity index (χ3v) is 4.41. The Balaban J connectivity index is 1.85. The number of aromatic nitrogens is 1. The zero-order chi connectivity index (χ0) is 18.1. The first-order valence-corrected chi connectivity index (χ1v) is 8.22. The van der Waals surface area contributed by atoms with Crippen LogP contribution in [0.2, 0.25) is 5.02 Å². The van der Waals surface area contributed by atoms with Gasteiger partial charge >= 0.3 is 0 Å². The molecule has 0 saturated carbocycles. The van der Waals surface area contributed by atoms with Crippen LogP contribution in [0.25, 0.3) is 11.0 Å². The summed E-state index contributed by atoms with van der Waals surface area (Å²) in [6.45, 7) is 4.24. The molecule has 3 aromatic rings. The lowest BCUT2D eigenvalue weighted by molar-refractivity contribution is 0.0754. The molecule has 1 aromatic carbocycles. The number of carbonyl (C=O) groups is 1. The minimum atomic E-state index is -0.215. The highest BCUT2D eigenvalue weighted by molar-refractivity contribution is 6.31. The SMILES string of the molecule is COc1c(C)cnc(CN(C)C(=O)c2cc3cc(Cl)ccc3o2)c1C. The van der Waals surface area contributed by atoms with E-state index in [1.54, 1.807) is 49.5 Å². The number of ether oxygens (including phenoxy) is 1. The van der Waals surface area contributed by atoms with Crippen molar-refractivity contribution >= 4 is 28.5 Å². The number of aryl methyl sites for hydroxylation is 1. The third kappa shape index (κ3) is 3.33. The topological polar surface area (TPSA) is 55.6 Å². The number of fused-ring (bicyclic) bond motifs is 1. The van der Waals surface area contributed by atoms with E-state index in [0.717, 1.165) is 28.0 Å². The maximum Gasteiger partial charge on any atom is 0.289 e. The number of halogens is 1. The van der Waals surface area contributed by atoms with Crippen LogP contribution in [0.5, 0.6) is 5.75 Å². The average molecular weight is 359 g/mol. The monoisotopic (exact) mass is 358 g/mol. The predicted molar refractivity (Wildman–Crippen MR) is 97.3 cm³/mol. The summed E-state index contributed by atoms with van der Waals surface area (Å²) in [6, 6.07) is 6.96. The van der Waals surface area contributed by atoms with Gasteiger partial charge in [0.2, 0.25) is 0 Å². The van der Waals surface area contributed by atoms with E-state index in [9.17, 15) is 4.79 Å². The predicted octanol–water partition coefficient (Wildman–Crippen LogP) is 4.38. The summed E-state index contributed by atoms with van der Waals surface area (Å²) >= 11 is 5.98. The van der Waals surface area contributed by atoms with E-state index in [1.165, 1.54) is 0 Å². The summed E-state index contributed by atoms with van der Waals surface area (Å²) in [5.74, 6) is 0.855. The Morgan fingerprint density at radius 1 is 1.32 bits per heavy atom. The number of benzene rings is 1. The zero-order valence-corrected chi connectivity index (χ0v) is 15.3. The lowest BCUT2D eigenvalue weighted by Crippen LogP contribution is -2.26. The van der Waals surface area contributed by atoms with Crippen molar-refractivity contribution in [2.75, 3.05) is 14.2 Å². The van der Waals surface area contributed by atoms with Gasteiger partial charge in [-0.2, -0.15) is 0 Å². The van der Waals surface area contributed by atoms with Crippen LogP contribution in [0, 0.1) is 13.8 Å². The van der Waals surface area contributed by atoms with E-state index in [2.05, 4.69) is 4.98 Å². The Bertz CT molecular complexity index is 949. The van der Waals surface area contributed by atoms with Gasteiger partial charge in [-0.3, -0.25) is 9.78 Å². The van der Waals surface area contributed by atoms with Gasteiger partial charge in [-0.25, -0.2) is 0 Å². The van der Waals surface area contributed by atoms with E-state index in [4.69, 9.17) is 20.8 Å². The van der Waals surface area contributed by atoms with Gasteiger partial charge in [-0.05, 0) is 38.1 Å². The van der Waals surface area contributed by atoms with Gasteiger partial charge in [0.25, 0.3) is 5.91 Å². The van der Waals surface area contributed by atoms with Crippen molar-refractivity contribution in [2.45, 2.75) is 20.4 Å². The van der Waals surface area contributed by atoms with Gasteiger partial charge in [-0.15, -0.1) is 0 Å². The minimum absolute atomic E-state index is 0.215. The van der Waals surface area contributed by atoms with Gasteiger partial charge in [0.1, 0.15) is 11.3 Å². The minimum Gasteiger partial charge on any atom is -0.496 e. The summed E-state index contributed by atoms with van der Waals surface area (Å²) in [7, 11) is 3.35. The molecule has 0 unspecified atom stereocenters. The van der Waals surface area contributed by atoms with Crippen LogP contribution in [-0.2, 0) is 6.54 Å². The summed E-state index contributed by atoms with van der Waals surface area (Å²) in [5, 5.41) is 1.41. The zero-order valence-electron chi connectivity index (χ0n) is 14.6. The van der Waals surface area contributed by atoms with Crippen molar-refractivity contribution < 1.29 is 13.9 Å². The molecule has 130 valence electrons. The van der Waals surface area contributed by atoms with E-state index < -0.39 is 0 Å². The molecule has 5 nitrogen and oxygen atoms in total. The molecule has 0 aliphatic heterocycles. The second kappa shape index (κ2) is 6.76. The Labute approximate surface area is 151 Å². The smallest absolute Gasteiger partial charge is 0.289 e. The van der Waals surface area contributed by atoms with E-state index in [1.807, 2.05) is 13.8 Å². The second-order valence-corrected chi connectivity index (χ2v) is 6.44. The number of hydrogen-bond donors (Lipinski definition) is 0. The van der Waals surface area contributed by atoms with E-state index >= 15 is 0 Å². The Kier molecular flexibility index (Phi) is 4.68. The van der Waals surface area contributed by atoms with Gasteiger partial charge in [0, 0.05) is 34.8 Å². The molecule has 0 atom stereocenters. The maximum atomic E-state index is 12.7. The largest absolute Gasteiger partial charge is 0.496 e. The van der Waals surface area contributed by atoms with Crippen LogP contribution in [-0.4, -0.2) is 29.9 Å². The molecule has 2 aromatic heterocycles. The molecule has 0 aliphatic carbocycles. The van der Waals surface area contributed by atoms with Crippen molar-refractivity contribution in [1.82, 2.24) is 9.88 Å². The quantitative estimate of drug-likeness (QED) is 0.694. The van der Waals surface area contributed by atoms with E-state index in [0.29, 0.717) is 17.2 Å². The number of hydrogen-bond acceptors (Lipinski definition) is 4. The first-order chi connectivity index (χ1) is 11.9. The highest BCUT2D eigenvalue weighted by atomic mass is 35.5. The van der Waals surface area contributed by atoms with Crippen molar-refractivity contribution in [3.05, 3.63) is 58.1 Å². The Hall–Kier alpha value is -2.53. The first-order valence-electron chi connectivity index (χ1n) is 7.84. The number of nitrogens with zero attached hydrogens (tertiary/aromatic N) is 2. The maximum absolute atomic E-state index is 12.7. The number of furan rings is 1. The van der Waals surface area contributed by atoms with Crippen molar-refractivity contribution in [2.24, 2.45) is 0 Å². The molecule has 3 rings (SSSR count). The Morgan fingerprint density at radius 3 is 2.80 bits per heavy atom. The number of rotatable bonds is 4. The highest BCUT2D eigenvalue weighted by Gasteiger charge is 2.19. The van der Waals surface area contributed by atoms with Crippen LogP contribution in [0.3, 0.4) is 0 Å². The van der Waals surface area contributed by atoms with Gasteiger partial charge in [-0.1, -0.05) is 11.6 Å². The molecule has 0 spiro atoms. The molecule has 0 fully saturated rings. The highest BCUT2D eigenvalue weighted by Crippen LogP contribution is 2.26. The molecular formula is C19H19ClN2O3. The fourth-order valence-electron chi connectivity index (χ4n) is 2.83. The average Bonchev–Trinajstić information content (AvgIpc) is 3.00. The molecule has 0 bridgehead atoms. The summed E-state index contributed by atoms with van der Waals surface area (Å²) in [6.07, 6.45) is 1.75. The molecule has 0 radical (unpaired) electrons. The van der Waals surface area contributed by atoms with Crippen LogP contribution >= 0.6 is 11.6 Å². The normalized spacial score (nSPS) is 10.9. The summed E-state index contributed by atoms with van der Waals surface area (Å²) < 4.78 is 11.1. The van der Waals surface area contributed by atoms with Crippen LogP contribution in [0.1, 0.15) is 27.4 Å². The van der Waals surface area contributed by atoms with Crippen molar-refractivity contribution in [3.63, 3.8) is 0 Å². The number of carbonyl (C=O) groups excluding carboxylic acids is 1. The number of pyridine rings is 1. The van der Waals surface area contributed by atoms with Crippen LogP contribution < -0.4 is 4.74 Å². The third-order valence-electron chi connectivity index (χ3n) is 4.17. The van der Waals surface area contributed by atoms with Crippen molar-refractivity contribution in [3.8, 4) is 5.75 Å². The van der Waals surface area contributed by atoms with E-state index in [-0.39, 0.29) is 11.7 Å². The molecule has 2 heterocycles. The molecule has 0 aliphatic rings. The fourth-order valence-corrected chi connectivity index (χ4v) is 3.02. The molecule has 6 heteroatoms. The summed E-state index contributed by atoms with van der Waals surface area (Å²) in [4.78, 5) is 18.7. The van der Waals surface area contributed by atoms with Gasteiger partial charge in [0.05, 0.1) is 19.3 Å². The van der Waals surface area contributed by atoms with Crippen LogP contribution in [0.15, 0.2) is 34.9 Å². The number of amides is 1. The van der Waals surface area contributed by atoms with Crippen molar-refractivity contribution in [1.29, 1.82) is 0 Å². The standard InChI is InChI=1S/C19H19ClN2O3/c1-11-9-21-15(12(2)18(11)24-4)10-22(3)19(23)17-8-13-7-14(20)5-6-16(13)25-17/h5-9H,10H2,1-4H3. The molecule has 0 N–H and O–H groups in total. The number of methoxy groups -OCH3 is 1. The second-order valence-electron chi connectivity index (χ2n) is 6.00. The molecule has 0 saturated heterocycles. The molecule has 25 heavy (non-hydrogen) atoms. The Morgan fingerprint density at radius 2 is 2.08 bits per heavy atom. The van der Waals surface area contributed by atoms with Crippen LogP contribution in [0.4, 0.5) is 0 Å². The summed E-state index contributed by atoms with van der Waals surface area (Å²) in [5.41, 5.74) is 3.32. The lowest BCUT2D eigenvalue weighted by atomic mass is 10.1. The first kappa shape index (κ1) is 17.3. The fraction of sp³-hybridized carbons (Fsp3) is 0.263. The van der Waals surface area contributed by atoms with Gasteiger partial charge in [0.15, 0.2) is 5.76 Å². The molecular weight excluding hydrogens is 340 g/mol. The molecule has 1 amide bonds. The lowest BCUT2D eigenvalue weighted by Gasteiger charge is -2.18.